The zero-order valence-electron chi connectivity index (χ0n) is 22.8. The molecule has 11 nitrogen and oxygen atoms in total. The van der Waals surface area contributed by atoms with Gasteiger partial charge >= 0.3 is 23.9 Å². The molecule has 0 unspecified atom stereocenters. The van der Waals surface area contributed by atoms with Crippen LogP contribution in [0.5, 0.6) is 0 Å². The third-order valence-corrected chi connectivity index (χ3v) is 7.37. The zero-order valence-corrected chi connectivity index (χ0v) is 23.6. The van der Waals surface area contributed by atoms with Crippen molar-refractivity contribution in [2.24, 2.45) is 5.16 Å². The van der Waals surface area contributed by atoms with E-state index in [0.29, 0.717) is 5.56 Å². The van der Waals surface area contributed by atoms with Crippen LogP contribution in [0.25, 0.3) is 21.5 Å². The zero-order chi connectivity index (χ0) is 29.7. The van der Waals surface area contributed by atoms with Gasteiger partial charge in [-0.2, -0.15) is 0 Å². The molecule has 5 atom stereocenters. The highest BCUT2D eigenvalue weighted by atomic mass is 32.2. The Morgan fingerprint density at radius 1 is 0.780 bits per heavy atom. The Kier molecular flexibility index (Phi) is 9.46. The normalized spacial score (nSPS) is 22.6. The van der Waals surface area contributed by atoms with E-state index in [2.05, 4.69) is 5.16 Å². The molecule has 0 spiro atoms. The van der Waals surface area contributed by atoms with Gasteiger partial charge in [-0.05, 0) is 27.6 Å². The number of oxime groups is 1. The van der Waals surface area contributed by atoms with Crippen molar-refractivity contribution in [2.75, 3.05) is 6.61 Å². The Morgan fingerprint density at radius 2 is 1.29 bits per heavy atom. The molecule has 1 N–H and O–H groups in total. The van der Waals surface area contributed by atoms with Crippen LogP contribution < -0.4 is 0 Å². The molecule has 3 aromatic carbocycles. The van der Waals surface area contributed by atoms with E-state index in [1.54, 1.807) is 0 Å². The number of carbonyl (C=O) groups is 4. The van der Waals surface area contributed by atoms with Crippen molar-refractivity contribution in [3.63, 3.8) is 0 Å². The van der Waals surface area contributed by atoms with Gasteiger partial charge in [-0.3, -0.25) is 19.2 Å². The molecule has 0 saturated carbocycles. The van der Waals surface area contributed by atoms with Gasteiger partial charge in [0.1, 0.15) is 17.8 Å². The minimum absolute atomic E-state index is 0.124. The monoisotopic (exact) mass is 583 g/mol. The molecular formula is C29H29NO10S. The molecule has 216 valence electrons. The van der Waals surface area contributed by atoms with Crippen LogP contribution in [0.2, 0.25) is 0 Å². The van der Waals surface area contributed by atoms with Crippen LogP contribution >= 0.6 is 11.8 Å². The molecule has 0 amide bonds. The average molecular weight is 584 g/mol. The number of ether oxygens (including phenoxy) is 5. The van der Waals surface area contributed by atoms with E-state index in [4.69, 9.17) is 23.7 Å². The molecule has 0 bridgehead atoms. The highest BCUT2D eigenvalue weighted by Crippen LogP contribution is 2.39. The molecule has 41 heavy (non-hydrogen) atoms. The highest BCUT2D eigenvalue weighted by molar-refractivity contribution is 8.14. The molecule has 1 aliphatic heterocycles. The van der Waals surface area contributed by atoms with Gasteiger partial charge in [0, 0.05) is 33.3 Å². The van der Waals surface area contributed by atoms with Gasteiger partial charge in [0.2, 0.25) is 0 Å². The summed E-state index contributed by atoms with van der Waals surface area (Å²) in [6.07, 6.45) is -5.06. The second-order valence-corrected chi connectivity index (χ2v) is 10.4. The quantitative estimate of drug-likeness (QED) is 0.0820. The first-order chi connectivity index (χ1) is 19.6. The summed E-state index contributed by atoms with van der Waals surface area (Å²) in [6, 6.07) is 17.1. The van der Waals surface area contributed by atoms with Crippen LogP contribution in [0, 0.1) is 0 Å². The Hall–Kier alpha value is -4.16. The fourth-order valence-corrected chi connectivity index (χ4v) is 5.92. The molecule has 0 aliphatic carbocycles. The Bertz CT molecular complexity index is 1450. The van der Waals surface area contributed by atoms with E-state index < -0.39 is 53.7 Å². The lowest BCUT2D eigenvalue weighted by atomic mass is 9.97. The number of benzene rings is 3. The molecule has 12 heteroatoms. The largest absolute Gasteiger partial charge is 0.463 e. The minimum Gasteiger partial charge on any atom is -0.463 e. The Labute approximate surface area is 239 Å². The third kappa shape index (κ3) is 6.95. The van der Waals surface area contributed by atoms with E-state index in [9.17, 15) is 24.4 Å². The fraction of sp³-hybridized carbons (Fsp3) is 0.345. The first-order valence-electron chi connectivity index (χ1n) is 12.7. The molecular weight excluding hydrogens is 554 g/mol. The molecule has 1 saturated heterocycles. The SMILES string of the molecule is CC(=O)OC[C@H]1O[C@@H](S/C(=N\O)c2c3ccccc3cc3ccccc23)[C@H](OC(C)=O)[C@@H](OC(C)=O)[C@@H]1OC(C)=O. The van der Waals surface area contributed by atoms with Gasteiger partial charge in [0.15, 0.2) is 23.7 Å². The van der Waals surface area contributed by atoms with E-state index in [1.807, 2.05) is 54.6 Å². The first-order valence-corrected chi connectivity index (χ1v) is 13.6. The summed E-state index contributed by atoms with van der Waals surface area (Å²) >= 11 is 0.917. The Balaban J connectivity index is 1.83. The second-order valence-electron chi connectivity index (χ2n) is 9.28. The Morgan fingerprint density at radius 3 is 1.80 bits per heavy atom. The van der Waals surface area contributed by atoms with Crippen molar-refractivity contribution >= 4 is 62.2 Å². The number of thioether (sulfide) groups is 1. The molecule has 0 aromatic heterocycles. The maximum Gasteiger partial charge on any atom is 0.303 e. The number of hydrogen-bond donors (Lipinski definition) is 1. The lowest BCUT2D eigenvalue weighted by Crippen LogP contribution is -2.61. The summed E-state index contributed by atoms with van der Waals surface area (Å²) < 4.78 is 27.9. The van der Waals surface area contributed by atoms with Gasteiger partial charge in [-0.15, -0.1) is 0 Å². The van der Waals surface area contributed by atoms with Crippen molar-refractivity contribution in [3.8, 4) is 0 Å². The molecule has 1 heterocycles. The molecule has 4 rings (SSSR count). The molecule has 3 aromatic rings. The summed E-state index contributed by atoms with van der Waals surface area (Å²) in [5.41, 5.74) is -0.557. The standard InChI is InChI=1S/C29H29NO10S/c1-15(31)36-14-23-25(37-16(2)32)26(38-17(3)33)27(39-18(4)34)29(40-23)41-28(30-35)24-21-11-7-5-9-19(21)13-20-10-6-8-12-22(20)24/h5-13,23,25-27,29,35H,14H2,1-4H3/b30-28-/t23-,25-,26+,27-,29+/m1/s1. The summed E-state index contributed by atoms with van der Waals surface area (Å²) in [4.78, 5) is 48.0. The van der Waals surface area contributed by atoms with E-state index in [0.717, 1.165) is 54.1 Å². The van der Waals surface area contributed by atoms with Gasteiger partial charge < -0.3 is 28.9 Å². The molecule has 1 aliphatic rings. The molecule has 1 fully saturated rings. The summed E-state index contributed by atoms with van der Waals surface area (Å²) in [7, 11) is 0. The van der Waals surface area contributed by atoms with Crippen LogP contribution in [0.15, 0.2) is 59.8 Å². The predicted molar refractivity (Wildman–Crippen MR) is 149 cm³/mol. The van der Waals surface area contributed by atoms with Crippen molar-refractivity contribution in [1.29, 1.82) is 0 Å². The van der Waals surface area contributed by atoms with Crippen LogP contribution in [-0.4, -0.2) is 70.6 Å². The average Bonchev–Trinajstić information content (AvgIpc) is 2.91. The topological polar surface area (TPSA) is 147 Å². The predicted octanol–water partition coefficient (Wildman–Crippen LogP) is 3.95. The third-order valence-electron chi connectivity index (χ3n) is 6.25. The smallest absolute Gasteiger partial charge is 0.303 e. The van der Waals surface area contributed by atoms with E-state index >= 15 is 0 Å². The number of esters is 4. The fourth-order valence-electron chi connectivity index (χ4n) is 4.77. The van der Waals surface area contributed by atoms with Crippen LogP contribution in [-0.2, 0) is 42.9 Å². The lowest BCUT2D eigenvalue weighted by Gasteiger charge is -2.44. The maximum atomic E-state index is 12.2. The maximum absolute atomic E-state index is 12.2. The summed E-state index contributed by atoms with van der Waals surface area (Å²) in [6.45, 7) is 4.30. The van der Waals surface area contributed by atoms with Crippen molar-refractivity contribution in [2.45, 2.75) is 57.5 Å². The summed E-state index contributed by atoms with van der Waals surface area (Å²) in [5, 5.41) is 17.4. The molecule has 0 radical (unpaired) electrons. The number of nitrogens with zero attached hydrogens (tertiary/aromatic N) is 1. The van der Waals surface area contributed by atoms with Gasteiger partial charge in [0.05, 0.1) is 0 Å². The van der Waals surface area contributed by atoms with E-state index in [1.165, 1.54) is 6.92 Å². The first kappa shape index (κ1) is 29.8. The van der Waals surface area contributed by atoms with Crippen molar-refractivity contribution in [3.05, 3.63) is 60.2 Å². The van der Waals surface area contributed by atoms with Crippen LogP contribution in [0.1, 0.15) is 33.3 Å². The number of hydrogen-bond acceptors (Lipinski definition) is 12. The van der Waals surface area contributed by atoms with Gasteiger partial charge in [-0.25, -0.2) is 0 Å². The lowest BCUT2D eigenvalue weighted by molar-refractivity contribution is -0.237. The highest BCUT2D eigenvalue weighted by Gasteiger charge is 2.53. The number of carbonyl (C=O) groups excluding carboxylic acids is 4. The van der Waals surface area contributed by atoms with Crippen LogP contribution in [0.4, 0.5) is 0 Å². The second kappa shape index (κ2) is 13.0. The van der Waals surface area contributed by atoms with Gasteiger partial charge in [0.25, 0.3) is 0 Å². The van der Waals surface area contributed by atoms with Crippen molar-refractivity contribution < 1.29 is 48.1 Å². The van der Waals surface area contributed by atoms with Crippen molar-refractivity contribution in [1.82, 2.24) is 0 Å². The van der Waals surface area contributed by atoms with E-state index in [-0.39, 0.29) is 11.7 Å². The minimum atomic E-state index is -1.34. The summed E-state index contributed by atoms with van der Waals surface area (Å²) in [5.74, 6) is -2.81. The number of fused-ring (bicyclic) bond motifs is 2. The van der Waals surface area contributed by atoms with Crippen LogP contribution in [0.3, 0.4) is 0 Å². The number of rotatable bonds is 7. The van der Waals surface area contributed by atoms with Gasteiger partial charge in [-0.1, -0.05) is 65.4 Å².